The van der Waals surface area contributed by atoms with Crippen molar-refractivity contribution in [1.29, 1.82) is 0 Å². The van der Waals surface area contributed by atoms with Gasteiger partial charge in [-0.15, -0.1) is 0 Å². The fraction of sp³-hybridized carbons (Fsp3) is 0.778. The highest BCUT2D eigenvalue weighted by molar-refractivity contribution is 6.25. The Bertz CT molecular complexity index is 196. The summed E-state index contributed by atoms with van der Waals surface area (Å²) in [5, 5.41) is 18.4. The monoisotopic (exact) mass is 205 g/mol. The minimum Gasteiger partial charge on any atom is -0.395 e. The molecule has 1 rings (SSSR count). The van der Waals surface area contributed by atoms with E-state index in [0.29, 0.717) is 13.0 Å². The first-order chi connectivity index (χ1) is 6.17. The van der Waals surface area contributed by atoms with Gasteiger partial charge in [0.2, 0.25) is 0 Å². The smallest absolute Gasteiger partial charge is 0.0683 e. The summed E-state index contributed by atoms with van der Waals surface area (Å²) in [6.07, 6.45) is 0.353. The van der Waals surface area contributed by atoms with E-state index >= 15 is 0 Å². The first-order valence-corrected chi connectivity index (χ1v) is 4.89. The number of likely N-dealkylation sites (tertiary alicyclic amines) is 1. The van der Waals surface area contributed by atoms with Crippen LogP contribution in [-0.4, -0.2) is 47.0 Å². The summed E-state index contributed by atoms with van der Waals surface area (Å²) in [6.45, 7) is 3.40. The topological polar surface area (TPSA) is 43.7 Å². The Morgan fingerprint density at radius 1 is 1.69 bits per heavy atom. The molecule has 1 heterocycles. The molecule has 0 aliphatic carbocycles. The van der Waals surface area contributed by atoms with Crippen molar-refractivity contribution >= 4 is 11.6 Å². The summed E-state index contributed by atoms with van der Waals surface area (Å²) in [6, 6.07) is 0.0848. The van der Waals surface area contributed by atoms with Gasteiger partial charge in [-0.2, -0.15) is 0 Å². The van der Waals surface area contributed by atoms with Crippen molar-refractivity contribution in [2.75, 3.05) is 19.7 Å². The Morgan fingerprint density at radius 2 is 2.38 bits per heavy atom. The number of aliphatic hydroxyl groups is 2. The lowest BCUT2D eigenvalue weighted by atomic mass is 10.2. The lowest BCUT2D eigenvalue weighted by Gasteiger charge is -2.22. The van der Waals surface area contributed by atoms with Crippen LogP contribution in [-0.2, 0) is 0 Å². The lowest BCUT2D eigenvalue weighted by Crippen LogP contribution is -2.33. The summed E-state index contributed by atoms with van der Waals surface area (Å²) < 4.78 is 0. The van der Waals surface area contributed by atoms with E-state index in [1.54, 1.807) is 5.54 Å². The van der Waals surface area contributed by atoms with Gasteiger partial charge in [0.1, 0.15) is 0 Å². The van der Waals surface area contributed by atoms with Gasteiger partial charge in [-0.25, -0.2) is 0 Å². The highest BCUT2D eigenvalue weighted by Crippen LogP contribution is 2.18. The van der Waals surface area contributed by atoms with Gasteiger partial charge >= 0.3 is 0 Å². The molecule has 1 saturated heterocycles. The highest BCUT2D eigenvalue weighted by atomic mass is 35.5. The van der Waals surface area contributed by atoms with E-state index < -0.39 is 0 Å². The second-order valence-electron chi connectivity index (χ2n) is 3.61. The van der Waals surface area contributed by atoms with Gasteiger partial charge < -0.3 is 10.2 Å². The first-order valence-electron chi connectivity index (χ1n) is 4.46. The number of aliphatic hydroxyl groups excluding tert-OH is 2. The molecule has 2 N–H and O–H groups in total. The Kier molecular flexibility index (Phi) is 4.19. The molecule has 1 fully saturated rings. The molecule has 0 aromatic heterocycles. The number of hydrogen-bond acceptors (Lipinski definition) is 3. The molecule has 1 aliphatic rings. The molecule has 13 heavy (non-hydrogen) atoms. The largest absolute Gasteiger partial charge is 0.395 e. The zero-order valence-corrected chi connectivity index (χ0v) is 8.54. The molecule has 76 valence electrons. The van der Waals surface area contributed by atoms with Gasteiger partial charge in [0.15, 0.2) is 0 Å². The van der Waals surface area contributed by atoms with Crippen LogP contribution >= 0.6 is 11.6 Å². The molecule has 4 heteroatoms. The van der Waals surface area contributed by atoms with Crippen molar-refractivity contribution in [2.45, 2.75) is 25.5 Å². The molecular formula is C9H16ClNO2. The highest BCUT2D eigenvalue weighted by Gasteiger charge is 2.29. The molecule has 0 aromatic rings. The third-order valence-corrected chi connectivity index (χ3v) is 2.73. The van der Waals surface area contributed by atoms with Crippen LogP contribution in [0.2, 0.25) is 0 Å². The molecule has 0 aromatic carbocycles. The number of halogens is 1. The van der Waals surface area contributed by atoms with Crippen LogP contribution in [0.1, 0.15) is 13.3 Å². The fourth-order valence-corrected chi connectivity index (χ4v) is 1.76. The predicted molar refractivity (Wildman–Crippen MR) is 52.7 cm³/mol. The minimum absolute atomic E-state index is 0.0848. The molecule has 2 atom stereocenters. The quantitative estimate of drug-likeness (QED) is 0.708. The van der Waals surface area contributed by atoms with Crippen LogP contribution in [0.4, 0.5) is 0 Å². The van der Waals surface area contributed by atoms with Crippen molar-refractivity contribution in [2.24, 2.45) is 0 Å². The summed E-state index contributed by atoms with van der Waals surface area (Å²) in [4.78, 5) is 2.05. The SMILES string of the molecule is C/C(=C\Cl)CN1CC(O)CC1CO. The van der Waals surface area contributed by atoms with Crippen LogP contribution in [0.5, 0.6) is 0 Å². The van der Waals surface area contributed by atoms with Gasteiger partial charge in [-0.05, 0) is 18.9 Å². The maximum Gasteiger partial charge on any atom is 0.0683 e. The number of β-amino-alcohol motifs (C(OH)–C–C–N with tert-alkyl or cyclic N) is 1. The Hall–Kier alpha value is -0.0900. The van der Waals surface area contributed by atoms with Gasteiger partial charge in [-0.3, -0.25) is 4.90 Å². The van der Waals surface area contributed by atoms with Crippen LogP contribution in [0.3, 0.4) is 0 Å². The molecule has 2 unspecified atom stereocenters. The van der Waals surface area contributed by atoms with Crippen molar-refractivity contribution in [1.82, 2.24) is 4.90 Å². The van der Waals surface area contributed by atoms with Gasteiger partial charge in [0.25, 0.3) is 0 Å². The average molecular weight is 206 g/mol. The summed E-state index contributed by atoms with van der Waals surface area (Å²) >= 11 is 5.54. The lowest BCUT2D eigenvalue weighted by molar-refractivity contribution is 0.165. The van der Waals surface area contributed by atoms with Crippen LogP contribution in [0, 0.1) is 0 Å². The van der Waals surface area contributed by atoms with Crippen LogP contribution in [0.25, 0.3) is 0 Å². The van der Waals surface area contributed by atoms with E-state index in [0.717, 1.165) is 12.1 Å². The van der Waals surface area contributed by atoms with Crippen molar-refractivity contribution in [3.8, 4) is 0 Å². The molecule has 0 amide bonds. The number of nitrogens with zero attached hydrogens (tertiary/aromatic N) is 1. The minimum atomic E-state index is -0.305. The maximum absolute atomic E-state index is 9.38. The Balaban J connectivity index is 2.48. The molecule has 0 saturated carbocycles. The van der Waals surface area contributed by atoms with Crippen molar-refractivity contribution in [3.05, 3.63) is 11.1 Å². The normalized spacial score (nSPS) is 31.2. The standard InChI is InChI=1S/C9H16ClNO2/c1-7(3-10)4-11-5-9(13)2-8(11)6-12/h3,8-9,12-13H,2,4-6H2,1H3/b7-3+. The maximum atomic E-state index is 9.38. The molecule has 1 aliphatic heterocycles. The third-order valence-electron chi connectivity index (χ3n) is 2.36. The van der Waals surface area contributed by atoms with E-state index in [1.807, 2.05) is 6.92 Å². The Labute approximate surface area is 83.6 Å². The van der Waals surface area contributed by atoms with Crippen LogP contribution in [0.15, 0.2) is 11.1 Å². The fourth-order valence-electron chi connectivity index (χ4n) is 1.70. The molecule has 3 nitrogen and oxygen atoms in total. The average Bonchev–Trinajstić information content (AvgIpc) is 2.46. The molecular weight excluding hydrogens is 190 g/mol. The molecule has 0 spiro atoms. The second-order valence-corrected chi connectivity index (χ2v) is 3.83. The van der Waals surface area contributed by atoms with E-state index in [-0.39, 0.29) is 18.8 Å². The van der Waals surface area contributed by atoms with E-state index in [9.17, 15) is 5.11 Å². The van der Waals surface area contributed by atoms with E-state index in [4.69, 9.17) is 16.7 Å². The van der Waals surface area contributed by atoms with Gasteiger partial charge in [0.05, 0.1) is 12.7 Å². The molecule has 0 radical (unpaired) electrons. The van der Waals surface area contributed by atoms with E-state index in [1.165, 1.54) is 0 Å². The zero-order valence-electron chi connectivity index (χ0n) is 7.78. The summed E-state index contributed by atoms with van der Waals surface area (Å²) in [5.74, 6) is 0. The summed E-state index contributed by atoms with van der Waals surface area (Å²) in [7, 11) is 0. The molecule has 0 bridgehead atoms. The summed E-state index contributed by atoms with van der Waals surface area (Å²) in [5.41, 5.74) is 2.59. The van der Waals surface area contributed by atoms with Gasteiger partial charge in [-0.1, -0.05) is 11.6 Å². The van der Waals surface area contributed by atoms with Crippen LogP contribution < -0.4 is 0 Å². The van der Waals surface area contributed by atoms with E-state index in [2.05, 4.69) is 4.90 Å². The van der Waals surface area contributed by atoms with Gasteiger partial charge in [0, 0.05) is 24.7 Å². The van der Waals surface area contributed by atoms with Crippen molar-refractivity contribution < 1.29 is 10.2 Å². The number of rotatable bonds is 3. The zero-order chi connectivity index (χ0) is 9.84. The number of hydrogen-bond donors (Lipinski definition) is 2. The second kappa shape index (κ2) is 4.96. The first kappa shape index (κ1) is 11.0. The third kappa shape index (κ3) is 2.95. The van der Waals surface area contributed by atoms with Crippen molar-refractivity contribution in [3.63, 3.8) is 0 Å². The predicted octanol–water partition coefficient (Wildman–Crippen LogP) is 0.556. The Morgan fingerprint density at radius 3 is 2.92 bits per heavy atom.